The van der Waals surface area contributed by atoms with Gasteiger partial charge in [0.2, 0.25) is 0 Å². The van der Waals surface area contributed by atoms with E-state index in [1.807, 2.05) is 57.2 Å². The molecule has 0 unspecified atom stereocenters. The number of aromatic nitrogens is 4. The number of aryl methyl sites for hydroxylation is 1. The molecule has 0 aliphatic carbocycles. The fourth-order valence-electron chi connectivity index (χ4n) is 3.46. The number of benzene rings is 1. The van der Waals surface area contributed by atoms with Gasteiger partial charge < -0.3 is 10.2 Å². The number of nitriles is 1. The van der Waals surface area contributed by atoms with Crippen LogP contribution in [0.15, 0.2) is 46.5 Å². The first kappa shape index (κ1) is 21.8. The molecule has 8 nitrogen and oxygen atoms in total. The second-order valence-electron chi connectivity index (χ2n) is 8.30. The van der Waals surface area contributed by atoms with E-state index in [1.165, 1.54) is 11.8 Å². The SMILES string of the molecule is CCC(=O)Cc1ccc(Sc2nc(Nc3cc(C)[nH]n3)cc(N3CC(C)(C#N)C3)n2)cc1. The number of anilines is 3. The molecule has 3 aromatic rings. The van der Waals surface area contributed by atoms with Gasteiger partial charge in [0.1, 0.15) is 17.4 Å². The van der Waals surface area contributed by atoms with Crippen molar-refractivity contribution in [3.05, 3.63) is 47.7 Å². The lowest BCUT2D eigenvalue weighted by molar-refractivity contribution is -0.118. The van der Waals surface area contributed by atoms with Gasteiger partial charge in [0.15, 0.2) is 11.0 Å². The van der Waals surface area contributed by atoms with Crippen LogP contribution in [0, 0.1) is 23.7 Å². The molecule has 3 heterocycles. The zero-order valence-electron chi connectivity index (χ0n) is 18.3. The van der Waals surface area contributed by atoms with Crippen molar-refractivity contribution in [1.82, 2.24) is 20.2 Å². The van der Waals surface area contributed by atoms with E-state index in [-0.39, 0.29) is 11.2 Å². The van der Waals surface area contributed by atoms with Crippen molar-refractivity contribution in [2.75, 3.05) is 23.3 Å². The molecule has 0 atom stereocenters. The van der Waals surface area contributed by atoms with Crippen molar-refractivity contribution in [3.8, 4) is 6.07 Å². The monoisotopic (exact) mass is 447 g/mol. The summed E-state index contributed by atoms with van der Waals surface area (Å²) in [6.45, 7) is 7.03. The van der Waals surface area contributed by atoms with Crippen molar-refractivity contribution in [2.24, 2.45) is 5.41 Å². The molecule has 1 aliphatic heterocycles. The molecule has 1 fully saturated rings. The number of hydrogen-bond acceptors (Lipinski definition) is 8. The second-order valence-corrected chi connectivity index (χ2v) is 9.34. The minimum atomic E-state index is -0.350. The Morgan fingerprint density at radius 2 is 2.00 bits per heavy atom. The molecule has 0 bridgehead atoms. The molecule has 0 spiro atoms. The zero-order valence-corrected chi connectivity index (χ0v) is 19.2. The summed E-state index contributed by atoms with van der Waals surface area (Å²) in [5, 5.41) is 20.3. The topological polar surface area (TPSA) is 111 Å². The fourth-order valence-corrected chi connectivity index (χ4v) is 4.23. The van der Waals surface area contributed by atoms with E-state index in [0.717, 1.165) is 22.0 Å². The Hall–Kier alpha value is -3.38. The lowest BCUT2D eigenvalue weighted by Gasteiger charge is -2.44. The van der Waals surface area contributed by atoms with Gasteiger partial charge in [-0.05, 0) is 43.3 Å². The van der Waals surface area contributed by atoms with Crippen molar-refractivity contribution < 1.29 is 4.79 Å². The van der Waals surface area contributed by atoms with E-state index in [9.17, 15) is 10.1 Å². The minimum Gasteiger partial charge on any atom is -0.353 e. The van der Waals surface area contributed by atoms with Gasteiger partial charge >= 0.3 is 0 Å². The third-order valence-corrected chi connectivity index (χ3v) is 6.13. The average Bonchev–Trinajstić information content (AvgIpc) is 3.17. The average molecular weight is 448 g/mol. The number of carbonyl (C=O) groups excluding carboxylic acids is 1. The fraction of sp³-hybridized carbons (Fsp3) is 0.348. The van der Waals surface area contributed by atoms with Crippen molar-refractivity contribution in [3.63, 3.8) is 0 Å². The summed E-state index contributed by atoms with van der Waals surface area (Å²) in [4.78, 5) is 24.1. The quantitative estimate of drug-likeness (QED) is 0.493. The van der Waals surface area contributed by atoms with Crippen LogP contribution in [-0.2, 0) is 11.2 Å². The van der Waals surface area contributed by atoms with Crippen LogP contribution in [0.25, 0.3) is 0 Å². The van der Waals surface area contributed by atoms with Gasteiger partial charge in [0.05, 0.1) is 11.5 Å². The van der Waals surface area contributed by atoms with E-state index >= 15 is 0 Å². The molecular weight excluding hydrogens is 422 g/mol. The van der Waals surface area contributed by atoms with Crippen LogP contribution in [0.1, 0.15) is 31.5 Å². The number of carbonyl (C=O) groups is 1. The molecule has 2 aromatic heterocycles. The molecule has 9 heteroatoms. The largest absolute Gasteiger partial charge is 0.353 e. The molecular formula is C23H25N7OS. The Bertz CT molecular complexity index is 1160. The Labute approximate surface area is 191 Å². The molecule has 2 N–H and O–H groups in total. The molecule has 32 heavy (non-hydrogen) atoms. The van der Waals surface area contributed by atoms with E-state index in [1.54, 1.807) is 0 Å². The molecule has 0 amide bonds. The summed E-state index contributed by atoms with van der Waals surface area (Å²) in [6.07, 6.45) is 1.00. The van der Waals surface area contributed by atoms with Gasteiger partial charge in [0, 0.05) is 48.7 Å². The van der Waals surface area contributed by atoms with Crippen LogP contribution in [0.2, 0.25) is 0 Å². The highest BCUT2D eigenvalue weighted by atomic mass is 32.2. The molecule has 164 valence electrons. The number of rotatable bonds is 8. The molecule has 4 rings (SSSR count). The van der Waals surface area contributed by atoms with Crippen LogP contribution in [0.5, 0.6) is 0 Å². The highest BCUT2D eigenvalue weighted by Gasteiger charge is 2.40. The van der Waals surface area contributed by atoms with E-state index in [2.05, 4.69) is 31.5 Å². The predicted molar refractivity (Wildman–Crippen MR) is 124 cm³/mol. The first-order chi connectivity index (χ1) is 15.4. The summed E-state index contributed by atoms with van der Waals surface area (Å²) in [5.41, 5.74) is 1.60. The molecule has 0 radical (unpaired) electrons. The predicted octanol–water partition coefficient (Wildman–Crippen LogP) is 4.27. The summed E-state index contributed by atoms with van der Waals surface area (Å²) in [7, 11) is 0. The summed E-state index contributed by atoms with van der Waals surface area (Å²) < 4.78 is 0. The maximum absolute atomic E-state index is 11.7. The smallest absolute Gasteiger partial charge is 0.196 e. The Balaban J connectivity index is 1.56. The van der Waals surface area contributed by atoms with E-state index < -0.39 is 0 Å². The lowest BCUT2D eigenvalue weighted by atomic mass is 9.84. The van der Waals surface area contributed by atoms with Gasteiger partial charge in [-0.2, -0.15) is 10.4 Å². The number of nitrogens with one attached hydrogen (secondary N) is 2. The number of hydrogen-bond donors (Lipinski definition) is 2. The molecule has 0 saturated carbocycles. The first-order valence-corrected chi connectivity index (χ1v) is 11.3. The Morgan fingerprint density at radius 3 is 2.62 bits per heavy atom. The number of H-pyrrole nitrogens is 1. The van der Waals surface area contributed by atoms with E-state index in [4.69, 9.17) is 4.98 Å². The van der Waals surface area contributed by atoms with Gasteiger partial charge in [-0.3, -0.25) is 9.89 Å². The summed E-state index contributed by atoms with van der Waals surface area (Å²) in [5.74, 6) is 2.32. The minimum absolute atomic E-state index is 0.227. The molecule has 1 aromatic carbocycles. The Kier molecular flexibility index (Phi) is 6.15. The number of nitrogens with zero attached hydrogens (tertiary/aromatic N) is 5. The van der Waals surface area contributed by atoms with Crippen LogP contribution in [-0.4, -0.2) is 39.0 Å². The highest BCUT2D eigenvalue weighted by Crippen LogP contribution is 2.35. The number of Topliss-reactive ketones (excluding diaryl/α,β-unsaturated/α-hetero) is 1. The van der Waals surface area contributed by atoms with E-state index in [0.29, 0.717) is 42.7 Å². The Morgan fingerprint density at radius 1 is 1.25 bits per heavy atom. The van der Waals surface area contributed by atoms with Crippen molar-refractivity contribution in [2.45, 2.75) is 43.7 Å². The normalized spacial score (nSPS) is 14.5. The molecule has 1 aliphatic rings. The van der Waals surface area contributed by atoms with Gasteiger partial charge in [0.25, 0.3) is 0 Å². The number of aromatic amines is 1. The third kappa shape index (κ3) is 5.08. The maximum atomic E-state index is 11.7. The van der Waals surface area contributed by atoms with Crippen LogP contribution in [0.3, 0.4) is 0 Å². The number of ketones is 1. The third-order valence-electron chi connectivity index (χ3n) is 5.26. The van der Waals surface area contributed by atoms with Gasteiger partial charge in [-0.15, -0.1) is 0 Å². The van der Waals surface area contributed by atoms with Crippen molar-refractivity contribution in [1.29, 1.82) is 5.26 Å². The maximum Gasteiger partial charge on any atom is 0.196 e. The molecule has 1 saturated heterocycles. The standard InChI is InChI=1S/C23H25N7OS/c1-4-17(31)10-16-5-7-18(8-6-16)32-22-26-19(25-20-9-15(2)28-29-20)11-21(27-22)30-13-23(3,12-24)14-30/h5-9,11H,4,10,13-14H2,1-3H3,(H2,25,26,27,28,29). The zero-order chi connectivity index (χ0) is 22.7. The van der Waals surface area contributed by atoms with Gasteiger partial charge in [-0.25, -0.2) is 9.97 Å². The van der Waals surface area contributed by atoms with Crippen LogP contribution >= 0.6 is 11.8 Å². The first-order valence-electron chi connectivity index (χ1n) is 10.5. The van der Waals surface area contributed by atoms with Crippen molar-refractivity contribution >= 4 is 35.0 Å². The highest BCUT2D eigenvalue weighted by molar-refractivity contribution is 7.99. The summed E-state index contributed by atoms with van der Waals surface area (Å²) in [6, 6.07) is 14.1. The van der Waals surface area contributed by atoms with Crippen LogP contribution < -0.4 is 10.2 Å². The van der Waals surface area contributed by atoms with Gasteiger partial charge in [-0.1, -0.05) is 19.1 Å². The summed E-state index contributed by atoms with van der Waals surface area (Å²) >= 11 is 1.46. The second kappa shape index (κ2) is 9.01. The lowest BCUT2D eigenvalue weighted by Crippen LogP contribution is -2.54. The van der Waals surface area contributed by atoms with Crippen LogP contribution in [0.4, 0.5) is 17.5 Å².